The molecule has 0 aliphatic rings. The minimum absolute atomic E-state index is 0.414. The molecule has 0 aliphatic heterocycles. The van der Waals surface area contributed by atoms with Crippen LogP contribution < -0.4 is 0 Å². The van der Waals surface area contributed by atoms with Crippen molar-refractivity contribution in [2.24, 2.45) is 5.10 Å². The third-order valence-corrected chi connectivity index (χ3v) is 4.23. The molecule has 0 saturated heterocycles. The van der Waals surface area contributed by atoms with E-state index in [2.05, 4.69) is 15.3 Å². The normalized spacial score (nSPS) is 11.3. The predicted octanol–water partition coefficient (Wildman–Crippen LogP) is 5.11. The van der Waals surface area contributed by atoms with Crippen LogP contribution in [0.5, 0.6) is 0 Å². The van der Waals surface area contributed by atoms with E-state index in [1.54, 1.807) is 23.0 Å². The first-order valence-corrected chi connectivity index (χ1v) is 7.95. The van der Waals surface area contributed by atoms with Crippen molar-refractivity contribution in [3.8, 4) is 11.4 Å². The fraction of sp³-hybridized carbons (Fsp3) is 0.0625. The molecule has 116 valence electrons. The molecule has 0 amide bonds. The zero-order valence-electron chi connectivity index (χ0n) is 12.1. The van der Waals surface area contributed by atoms with E-state index in [0.717, 1.165) is 11.1 Å². The minimum Gasteiger partial charge on any atom is -0.250 e. The van der Waals surface area contributed by atoms with Gasteiger partial charge in [-0.15, -0.1) is 0 Å². The summed E-state index contributed by atoms with van der Waals surface area (Å²) in [6, 6.07) is 13.3. The van der Waals surface area contributed by atoms with Crippen molar-refractivity contribution in [3.05, 3.63) is 68.4 Å². The third-order valence-electron chi connectivity index (χ3n) is 3.23. The summed E-state index contributed by atoms with van der Waals surface area (Å²) in [6.07, 6.45) is 1.66. The Hall–Kier alpha value is -1.95. The Balaban J connectivity index is 1.98. The van der Waals surface area contributed by atoms with E-state index in [1.807, 2.05) is 37.3 Å². The van der Waals surface area contributed by atoms with Crippen LogP contribution >= 0.6 is 35.4 Å². The summed E-state index contributed by atoms with van der Waals surface area (Å²) in [5.74, 6) is 0.645. The Bertz CT molecular complexity index is 926. The fourth-order valence-corrected chi connectivity index (χ4v) is 2.49. The number of rotatable bonds is 3. The van der Waals surface area contributed by atoms with Crippen LogP contribution in [0.15, 0.2) is 47.6 Å². The lowest BCUT2D eigenvalue weighted by atomic mass is 10.1. The molecule has 23 heavy (non-hydrogen) atoms. The van der Waals surface area contributed by atoms with Gasteiger partial charge in [-0.25, -0.2) is 5.10 Å². The van der Waals surface area contributed by atoms with Gasteiger partial charge in [0.1, 0.15) is 0 Å². The summed E-state index contributed by atoms with van der Waals surface area (Å²) < 4.78 is 1.99. The van der Waals surface area contributed by atoms with E-state index in [-0.39, 0.29) is 0 Å². The van der Waals surface area contributed by atoms with Crippen LogP contribution in [-0.2, 0) is 0 Å². The van der Waals surface area contributed by atoms with Crippen molar-refractivity contribution in [1.82, 2.24) is 14.9 Å². The summed E-state index contributed by atoms with van der Waals surface area (Å²) in [6.45, 7) is 2.03. The minimum atomic E-state index is 0.414. The van der Waals surface area contributed by atoms with E-state index in [9.17, 15) is 0 Å². The van der Waals surface area contributed by atoms with Crippen molar-refractivity contribution in [2.75, 3.05) is 0 Å². The van der Waals surface area contributed by atoms with Gasteiger partial charge in [0.25, 0.3) is 0 Å². The number of aromatic nitrogens is 3. The van der Waals surface area contributed by atoms with Gasteiger partial charge in [-0.1, -0.05) is 59.1 Å². The van der Waals surface area contributed by atoms with Crippen LogP contribution in [0.4, 0.5) is 0 Å². The highest BCUT2D eigenvalue weighted by atomic mass is 35.5. The van der Waals surface area contributed by atoms with Crippen molar-refractivity contribution in [1.29, 1.82) is 0 Å². The summed E-state index contributed by atoms with van der Waals surface area (Å²) in [4.78, 5) is 0. The predicted molar refractivity (Wildman–Crippen MR) is 97.0 cm³/mol. The second kappa shape index (κ2) is 6.66. The molecule has 0 unspecified atom stereocenters. The third kappa shape index (κ3) is 3.52. The van der Waals surface area contributed by atoms with Crippen molar-refractivity contribution < 1.29 is 0 Å². The van der Waals surface area contributed by atoms with Gasteiger partial charge in [0.05, 0.1) is 16.3 Å². The number of hydrogen-bond acceptors (Lipinski definition) is 3. The molecule has 0 spiro atoms. The quantitative estimate of drug-likeness (QED) is 0.520. The average Bonchev–Trinajstić information content (AvgIpc) is 2.90. The van der Waals surface area contributed by atoms with Crippen molar-refractivity contribution in [3.63, 3.8) is 0 Å². The van der Waals surface area contributed by atoms with Gasteiger partial charge in [0.2, 0.25) is 4.77 Å². The van der Waals surface area contributed by atoms with E-state index in [4.69, 9.17) is 35.4 Å². The summed E-state index contributed by atoms with van der Waals surface area (Å²) in [5, 5.41) is 12.4. The van der Waals surface area contributed by atoms with Crippen LogP contribution in [0, 0.1) is 11.7 Å². The zero-order valence-corrected chi connectivity index (χ0v) is 14.5. The lowest BCUT2D eigenvalue weighted by Gasteiger charge is -2.02. The zero-order chi connectivity index (χ0) is 16.4. The molecule has 3 rings (SSSR count). The fourth-order valence-electron chi connectivity index (χ4n) is 2.01. The number of nitrogens with zero attached hydrogens (tertiary/aromatic N) is 3. The number of hydrogen-bond donors (Lipinski definition) is 1. The first kappa shape index (κ1) is 15.9. The van der Waals surface area contributed by atoms with E-state index in [1.165, 1.54) is 5.56 Å². The van der Waals surface area contributed by atoms with Crippen molar-refractivity contribution in [2.45, 2.75) is 6.92 Å². The molecule has 0 bridgehead atoms. The van der Waals surface area contributed by atoms with Gasteiger partial charge in [0, 0.05) is 5.56 Å². The first-order chi connectivity index (χ1) is 11.0. The molecule has 3 aromatic rings. The molecule has 4 nitrogen and oxygen atoms in total. The Morgan fingerprint density at radius 3 is 2.57 bits per heavy atom. The summed E-state index contributed by atoms with van der Waals surface area (Å²) in [7, 11) is 0. The van der Waals surface area contributed by atoms with Crippen LogP contribution in [0.2, 0.25) is 10.0 Å². The lowest BCUT2D eigenvalue weighted by molar-refractivity contribution is 0.871. The maximum atomic E-state index is 6.01. The van der Waals surface area contributed by atoms with Gasteiger partial charge in [-0.05, 0) is 36.8 Å². The van der Waals surface area contributed by atoms with Gasteiger partial charge in [-0.3, -0.25) is 0 Å². The first-order valence-electron chi connectivity index (χ1n) is 6.78. The highest BCUT2D eigenvalue weighted by Gasteiger charge is 2.07. The van der Waals surface area contributed by atoms with E-state index in [0.29, 0.717) is 20.6 Å². The van der Waals surface area contributed by atoms with Crippen LogP contribution in [0.1, 0.15) is 11.1 Å². The second-order valence-electron chi connectivity index (χ2n) is 4.95. The van der Waals surface area contributed by atoms with Crippen molar-refractivity contribution >= 4 is 41.6 Å². The topological polar surface area (TPSA) is 46.0 Å². The standard InChI is InChI=1S/C16H12Cl2N4S/c1-10-2-5-12(6-3-10)15-20-21-16(23)22(15)19-9-11-4-7-13(17)14(18)8-11/h2-9H,1H3,(H,21,23)/b19-9+. The lowest BCUT2D eigenvalue weighted by Crippen LogP contribution is -1.95. The van der Waals surface area contributed by atoms with E-state index >= 15 is 0 Å². The van der Waals surface area contributed by atoms with Gasteiger partial charge in [-0.2, -0.15) is 14.9 Å². The summed E-state index contributed by atoms with van der Waals surface area (Å²) >= 11 is 17.2. The molecular formula is C16H12Cl2N4S. The number of aromatic amines is 1. The number of nitrogens with one attached hydrogen (secondary N) is 1. The molecule has 2 aromatic carbocycles. The van der Waals surface area contributed by atoms with Gasteiger partial charge in [0.15, 0.2) is 5.82 Å². The Morgan fingerprint density at radius 2 is 1.87 bits per heavy atom. The van der Waals surface area contributed by atoms with Crippen LogP contribution in [0.3, 0.4) is 0 Å². The highest BCUT2D eigenvalue weighted by molar-refractivity contribution is 7.71. The SMILES string of the molecule is Cc1ccc(-c2n[nH]c(=S)n2/N=C/c2ccc(Cl)c(Cl)c2)cc1. The largest absolute Gasteiger partial charge is 0.250 e. The summed E-state index contributed by atoms with van der Waals surface area (Å²) in [5.41, 5.74) is 2.92. The molecule has 0 fully saturated rings. The smallest absolute Gasteiger partial charge is 0.216 e. The molecular weight excluding hydrogens is 351 g/mol. The van der Waals surface area contributed by atoms with Crippen LogP contribution in [-0.4, -0.2) is 21.1 Å². The molecule has 0 atom stereocenters. The number of H-pyrrole nitrogens is 1. The molecule has 7 heteroatoms. The maximum Gasteiger partial charge on any atom is 0.216 e. The maximum absolute atomic E-state index is 6.01. The monoisotopic (exact) mass is 362 g/mol. The molecule has 0 radical (unpaired) electrons. The Labute approximate surface area is 148 Å². The average molecular weight is 363 g/mol. The van der Waals surface area contributed by atoms with E-state index < -0.39 is 0 Å². The molecule has 0 saturated carbocycles. The number of aryl methyl sites for hydroxylation is 1. The number of benzene rings is 2. The second-order valence-corrected chi connectivity index (χ2v) is 6.15. The van der Waals surface area contributed by atoms with Gasteiger partial charge >= 0.3 is 0 Å². The molecule has 0 aliphatic carbocycles. The highest BCUT2D eigenvalue weighted by Crippen LogP contribution is 2.22. The van der Waals surface area contributed by atoms with Crippen LogP contribution in [0.25, 0.3) is 11.4 Å². The molecule has 1 aromatic heterocycles. The van der Waals surface area contributed by atoms with Gasteiger partial charge < -0.3 is 0 Å². The molecule has 1 heterocycles. The Morgan fingerprint density at radius 1 is 1.13 bits per heavy atom. The molecule has 1 N–H and O–H groups in total. The number of halogens is 2. The Kier molecular flexibility index (Phi) is 4.61.